The van der Waals surface area contributed by atoms with Crippen LogP contribution >= 0.6 is 0 Å². The van der Waals surface area contributed by atoms with Gasteiger partial charge in [0.15, 0.2) is 11.2 Å². The molecule has 0 aliphatic heterocycles. The molecule has 2 aromatic heterocycles. The number of H-pyrrole nitrogens is 1. The predicted molar refractivity (Wildman–Crippen MR) is 112 cm³/mol. The van der Waals surface area contributed by atoms with Crippen LogP contribution in [0.3, 0.4) is 0 Å². The van der Waals surface area contributed by atoms with Crippen LogP contribution in [0, 0.1) is 0 Å². The fourth-order valence-electron chi connectivity index (χ4n) is 2.82. The largest absolute Gasteiger partial charge is 0.507 e. The molecule has 0 saturated carbocycles. The van der Waals surface area contributed by atoms with E-state index in [9.17, 15) is 19.8 Å². The number of benzene rings is 1. The summed E-state index contributed by atoms with van der Waals surface area (Å²) >= 11 is 0. The highest BCUT2D eigenvalue weighted by Crippen LogP contribution is 2.17. The Morgan fingerprint density at radius 1 is 1.33 bits per heavy atom. The second kappa shape index (κ2) is 8.93. The summed E-state index contributed by atoms with van der Waals surface area (Å²) in [7, 11) is 1.48. The molecular formula is C19H24N6O5. The number of aliphatic hydroxyl groups excluding tert-OH is 1. The molecule has 0 spiro atoms. The first-order valence-corrected chi connectivity index (χ1v) is 9.34. The Bertz CT molecular complexity index is 1180. The summed E-state index contributed by atoms with van der Waals surface area (Å²) in [6, 6.07) is 6.63. The second-order valence-electron chi connectivity index (χ2n) is 7.00. The molecule has 2 heterocycles. The molecule has 0 aliphatic carbocycles. The van der Waals surface area contributed by atoms with E-state index in [-0.39, 0.29) is 42.1 Å². The minimum absolute atomic E-state index is 0.0149. The third-order valence-corrected chi connectivity index (χ3v) is 4.33. The van der Waals surface area contributed by atoms with Gasteiger partial charge in [-0.15, -0.1) is 0 Å². The van der Waals surface area contributed by atoms with Crippen molar-refractivity contribution < 1.29 is 14.9 Å². The Morgan fingerprint density at radius 2 is 2.07 bits per heavy atom. The summed E-state index contributed by atoms with van der Waals surface area (Å²) in [6.45, 7) is 3.74. The van der Waals surface area contributed by atoms with E-state index in [0.717, 1.165) is 0 Å². The number of hydrazone groups is 1. The molecule has 0 amide bonds. The molecule has 0 aliphatic rings. The number of aromatic hydroxyl groups is 1. The van der Waals surface area contributed by atoms with Crippen LogP contribution in [0.5, 0.6) is 5.75 Å². The summed E-state index contributed by atoms with van der Waals surface area (Å²) in [4.78, 5) is 30.9. The number of aliphatic hydroxyl groups is 1. The standard InChI is InChI=1S/C19H24N6O5/c1-11(2)30-10-13(26)9-25-15-16(24(3)19(29)22-17(15)28)21-18(25)23-20-8-12-6-4-5-7-14(12)27/h4-8,11,13,26-27H,9-10H2,1-3H3,(H,21,23)(H,22,28,29)/b20-8+/t13-/m0/s1. The van der Waals surface area contributed by atoms with Crippen molar-refractivity contribution in [1.29, 1.82) is 0 Å². The maximum absolute atomic E-state index is 12.4. The molecule has 0 radical (unpaired) electrons. The van der Waals surface area contributed by atoms with Crippen molar-refractivity contribution in [2.75, 3.05) is 12.0 Å². The number of rotatable bonds is 8. The van der Waals surface area contributed by atoms with Crippen LogP contribution in [0.25, 0.3) is 11.2 Å². The van der Waals surface area contributed by atoms with Crippen molar-refractivity contribution in [3.8, 4) is 5.75 Å². The molecule has 160 valence electrons. The first-order chi connectivity index (χ1) is 14.3. The molecule has 11 nitrogen and oxygen atoms in total. The molecule has 0 bridgehead atoms. The summed E-state index contributed by atoms with van der Waals surface area (Å²) in [6.07, 6.45) is 0.397. The van der Waals surface area contributed by atoms with Crippen LogP contribution in [0.15, 0.2) is 39.0 Å². The van der Waals surface area contributed by atoms with E-state index in [0.29, 0.717) is 5.56 Å². The minimum Gasteiger partial charge on any atom is -0.507 e. The molecule has 11 heteroatoms. The van der Waals surface area contributed by atoms with Gasteiger partial charge in [-0.25, -0.2) is 10.2 Å². The normalized spacial score (nSPS) is 12.8. The second-order valence-corrected chi connectivity index (χ2v) is 7.00. The Labute approximate surface area is 171 Å². The average molecular weight is 416 g/mol. The number of nitrogens with zero attached hydrogens (tertiary/aromatic N) is 4. The van der Waals surface area contributed by atoms with Gasteiger partial charge in [0.25, 0.3) is 5.56 Å². The topological polar surface area (TPSA) is 147 Å². The highest BCUT2D eigenvalue weighted by molar-refractivity contribution is 5.83. The lowest BCUT2D eigenvalue weighted by Crippen LogP contribution is -2.30. The van der Waals surface area contributed by atoms with E-state index in [1.54, 1.807) is 18.2 Å². The molecule has 0 unspecified atom stereocenters. The van der Waals surface area contributed by atoms with Crippen molar-refractivity contribution in [2.24, 2.45) is 12.1 Å². The molecule has 3 rings (SSSR count). The van der Waals surface area contributed by atoms with E-state index in [2.05, 4.69) is 20.5 Å². The van der Waals surface area contributed by atoms with E-state index < -0.39 is 17.4 Å². The molecule has 1 aromatic carbocycles. The Morgan fingerprint density at radius 3 is 2.77 bits per heavy atom. The van der Waals surface area contributed by atoms with Gasteiger partial charge in [-0.05, 0) is 26.0 Å². The summed E-state index contributed by atoms with van der Waals surface area (Å²) in [5.74, 6) is 0.198. The number of hydrogen-bond acceptors (Lipinski definition) is 8. The van der Waals surface area contributed by atoms with Gasteiger partial charge in [-0.3, -0.25) is 14.3 Å². The van der Waals surface area contributed by atoms with Gasteiger partial charge in [0, 0.05) is 12.6 Å². The van der Waals surface area contributed by atoms with Crippen LogP contribution in [0.2, 0.25) is 0 Å². The Balaban J connectivity index is 1.98. The van der Waals surface area contributed by atoms with Crippen LogP contribution in [-0.4, -0.2) is 54.3 Å². The van der Waals surface area contributed by atoms with Crippen LogP contribution in [0.4, 0.5) is 5.95 Å². The van der Waals surface area contributed by atoms with Gasteiger partial charge in [-0.1, -0.05) is 12.1 Å². The molecule has 3 aromatic rings. The number of hydrogen-bond donors (Lipinski definition) is 4. The zero-order valence-electron chi connectivity index (χ0n) is 16.9. The predicted octanol–water partition coefficient (Wildman–Crippen LogP) is 0.361. The average Bonchev–Trinajstić information content (AvgIpc) is 3.05. The Hall–Kier alpha value is -3.44. The smallest absolute Gasteiger partial charge is 0.329 e. The number of fused-ring (bicyclic) bond motifs is 1. The van der Waals surface area contributed by atoms with E-state index >= 15 is 0 Å². The van der Waals surface area contributed by atoms with Gasteiger partial charge in [0.2, 0.25) is 5.95 Å². The highest BCUT2D eigenvalue weighted by atomic mass is 16.5. The van der Waals surface area contributed by atoms with E-state index in [1.807, 2.05) is 13.8 Å². The zero-order chi connectivity index (χ0) is 21.8. The fourth-order valence-corrected chi connectivity index (χ4v) is 2.82. The monoisotopic (exact) mass is 416 g/mol. The lowest BCUT2D eigenvalue weighted by molar-refractivity contribution is -0.000105. The molecule has 0 saturated heterocycles. The zero-order valence-corrected chi connectivity index (χ0v) is 16.9. The number of phenolic OH excluding ortho intramolecular Hbond substituents is 1. The van der Waals surface area contributed by atoms with E-state index in [4.69, 9.17) is 4.74 Å². The molecule has 1 atom stereocenters. The van der Waals surface area contributed by atoms with Gasteiger partial charge in [0.1, 0.15) is 5.75 Å². The van der Waals surface area contributed by atoms with Crippen molar-refractivity contribution in [3.63, 3.8) is 0 Å². The number of imidazole rings is 1. The number of nitrogens with one attached hydrogen (secondary N) is 2. The van der Waals surface area contributed by atoms with Gasteiger partial charge in [0.05, 0.1) is 31.6 Å². The third kappa shape index (κ3) is 4.58. The fraction of sp³-hybridized carbons (Fsp3) is 0.368. The number of ether oxygens (including phenoxy) is 1. The summed E-state index contributed by atoms with van der Waals surface area (Å²) in [5, 5.41) is 24.2. The van der Waals surface area contributed by atoms with Crippen molar-refractivity contribution >= 4 is 23.3 Å². The van der Waals surface area contributed by atoms with E-state index in [1.165, 1.54) is 28.5 Å². The van der Waals surface area contributed by atoms with Gasteiger partial charge < -0.3 is 19.5 Å². The maximum Gasteiger partial charge on any atom is 0.329 e. The lowest BCUT2D eigenvalue weighted by Gasteiger charge is -2.15. The molecule has 0 fully saturated rings. The summed E-state index contributed by atoms with van der Waals surface area (Å²) < 4.78 is 8.06. The third-order valence-electron chi connectivity index (χ3n) is 4.33. The minimum atomic E-state index is -0.927. The lowest BCUT2D eigenvalue weighted by atomic mass is 10.2. The van der Waals surface area contributed by atoms with Crippen molar-refractivity contribution in [2.45, 2.75) is 32.6 Å². The summed E-state index contributed by atoms with van der Waals surface area (Å²) in [5.41, 5.74) is 2.20. The Kier molecular flexibility index (Phi) is 6.33. The van der Waals surface area contributed by atoms with Crippen molar-refractivity contribution in [3.05, 3.63) is 50.7 Å². The van der Waals surface area contributed by atoms with Gasteiger partial charge >= 0.3 is 5.69 Å². The number of aryl methyl sites for hydroxylation is 1. The first kappa shape index (κ1) is 21.3. The maximum atomic E-state index is 12.4. The first-order valence-electron chi connectivity index (χ1n) is 9.34. The number of phenols is 1. The van der Waals surface area contributed by atoms with Crippen LogP contribution < -0.4 is 16.7 Å². The molecular weight excluding hydrogens is 392 g/mol. The number of aromatic nitrogens is 4. The number of anilines is 1. The SMILES string of the molecule is CC(C)OC[C@@H](O)Cn1c(N/N=C/c2ccccc2O)nc2c1c(=O)[nH]c(=O)n2C. The quantitative estimate of drug-likeness (QED) is 0.306. The molecule has 30 heavy (non-hydrogen) atoms. The number of para-hydroxylation sites is 1. The van der Waals surface area contributed by atoms with Crippen LogP contribution in [-0.2, 0) is 18.3 Å². The number of aromatic amines is 1. The van der Waals surface area contributed by atoms with Crippen molar-refractivity contribution in [1.82, 2.24) is 19.1 Å². The van der Waals surface area contributed by atoms with Crippen LogP contribution in [0.1, 0.15) is 19.4 Å². The van der Waals surface area contributed by atoms with Gasteiger partial charge in [-0.2, -0.15) is 10.1 Å². The molecule has 4 N–H and O–H groups in total. The highest BCUT2D eigenvalue weighted by Gasteiger charge is 2.19.